The van der Waals surface area contributed by atoms with Crippen LogP contribution in [-0.4, -0.2) is 10.9 Å². The number of benzene rings is 2. The van der Waals surface area contributed by atoms with Crippen molar-refractivity contribution in [1.82, 2.24) is 10.3 Å². The summed E-state index contributed by atoms with van der Waals surface area (Å²) in [4.78, 5) is 16.3. The van der Waals surface area contributed by atoms with Crippen molar-refractivity contribution in [2.45, 2.75) is 13.1 Å². The summed E-state index contributed by atoms with van der Waals surface area (Å²) in [7, 11) is 0. The number of nitrogens with one attached hydrogen (secondary N) is 2. The van der Waals surface area contributed by atoms with Crippen LogP contribution in [0.2, 0.25) is 0 Å². The molecule has 3 rings (SSSR count). The van der Waals surface area contributed by atoms with Crippen molar-refractivity contribution in [3.63, 3.8) is 0 Å². The normalized spacial score (nSPS) is 10.3. The number of carbonyl (C=O) groups excluding carboxylic acids is 1. The smallest absolute Gasteiger partial charge is 0.270 e. The minimum atomic E-state index is -0.341. The van der Waals surface area contributed by atoms with E-state index in [1.807, 2.05) is 30.3 Å². The van der Waals surface area contributed by atoms with E-state index in [0.29, 0.717) is 12.1 Å². The molecule has 0 aliphatic rings. The predicted molar refractivity (Wildman–Crippen MR) is 95.6 cm³/mol. The number of carbonyl (C=O) groups is 1. The lowest BCUT2D eigenvalue weighted by atomic mass is 10.2. The summed E-state index contributed by atoms with van der Waals surface area (Å²) in [6.07, 6.45) is 1.57. The molecule has 0 fully saturated rings. The molecule has 1 heterocycles. The van der Waals surface area contributed by atoms with Gasteiger partial charge >= 0.3 is 0 Å². The molecule has 4 nitrogen and oxygen atoms in total. The Morgan fingerprint density at radius 1 is 0.960 bits per heavy atom. The third kappa shape index (κ3) is 4.64. The molecule has 0 unspecified atom stereocenters. The number of pyridine rings is 1. The maximum absolute atomic E-state index is 13.6. The zero-order chi connectivity index (χ0) is 17.5. The Hall–Kier alpha value is -3.21. The van der Waals surface area contributed by atoms with E-state index >= 15 is 0 Å². The average Bonchev–Trinajstić information content (AvgIpc) is 2.66. The number of hydrogen-bond donors (Lipinski definition) is 2. The second-order valence-electron chi connectivity index (χ2n) is 5.54. The van der Waals surface area contributed by atoms with Gasteiger partial charge in [-0.15, -0.1) is 0 Å². The first-order valence-electron chi connectivity index (χ1n) is 7.98. The van der Waals surface area contributed by atoms with Gasteiger partial charge in [0, 0.05) is 30.5 Å². The molecule has 25 heavy (non-hydrogen) atoms. The minimum Gasteiger partial charge on any atom is -0.381 e. The zero-order valence-corrected chi connectivity index (χ0v) is 13.6. The fourth-order valence-electron chi connectivity index (χ4n) is 2.37. The predicted octanol–water partition coefficient (Wildman–Crippen LogP) is 3.76. The lowest BCUT2D eigenvalue weighted by molar-refractivity contribution is 0.0945. The highest BCUT2D eigenvalue weighted by Crippen LogP contribution is 2.11. The van der Waals surface area contributed by atoms with Crippen LogP contribution in [0.15, 0.2) is 72.9 Å². The van der Waals surface area contributed by atoms with Gasteiger partial charge in [0.1, 0.15) is 11.5 Å². The molecule has 2 aromatic carbocycles. The molecule has 0 aliphatic carbocycles. The molecule has 0 aliphatic heterocycles. The Morgan fingerprint density at radius 3 is 2.52 bits per heavy atom. The first-order chi connectivity index (χ1) is 12.2. The van der Waals surface area contributed by atoms with Crippen LogP contribution in [0.3, 0.4) is 0 Å². The van der Waals surface area contributed by atoms with Gasteiger partial charge in [-0.1, -0.05) is 48.5 Å². The van der Waals surface area contributed by atoms with Gasteiger partial charge in [0.05, 0.1) is 0 Å². The molecule has 1 aromatic heterocycles. The fraction of sp³-hybridized carbons (Fsp3) is 0.100. The molecule has 126 valence electrons. The zero-order valence-electron chi connectivity index (χ0n) is 13.6. The van der Waals surface area contributed by atoms with Gasteiger partial charge in [-0.2, -0.15) is 0 Å². The topological polar surface area (TPSA) is 54.0 Å². The van der Waals surface area contributed by atoms with Crippen LogP contribution in [0.5, 0.6) is 0 Å². The Bertz CT molecular complexity index is 852. The summed E-state index contributed by atoms with van der Waals surface area (Å²) in [5.74, 6) is -0.680. The van der Waals surface area contributed by atoms with Crippen LogP contribution in [0.1, 0.15) is 21.6 Å². The summed E-state index contributed by atoms with van der Waals surface area (Å²) in [5, 5.41) is 5.95. The number of nitrogens with zero attached hydrogens (tertiary/aromatic N) is 1. The SMILES string of the molecule is O=C(NCc1ccccc1F)c1cc(NCc2ccccc2)ccn1. The van der Waals surface area contributed by atoms with Gasteiger partial charge in [-0.25, -0.2) is 4.39 Å². The van der Waals surface area contributed by atoms with Crippen molar-refractivity contribution < 1.29 is 9.18 Å². The van der Waals surface area contributed by atoms with Crippen LogP contribution in [-0.2, 0) is 13.1 Å². The Kier molecular flexibility index (Phi) is 5.36. The Labute approximate surface area is 145 Å². The highest BCUT2D eigenvalue weighted by atomic mass is 19.1. The van der Waals surface area contributed by atoms with Gasteiger partial charge in [-0.3, -0.25) is 9.78 Å². The van der Waals surface area contributed by atoms with Crippen molar-refractivity contribution in [1.29, 1.82) is 0 Å². The number of aromatic nitrogens is 1. The highest BCUT2D eigenvalue weighted by Gasteiger charge is 2.09. The van der Waals surface area contributed by atoms with E-state index in [0.717, 1.165) is 11.3 Å². The van der Waals surface area contributed by atoms with Gasteiger partial charge in [0.25, 0.3) is 5.91 Å². The quantitative estimate of drug-likeness (QED) is 0.721. The monoisotopic (exact) mass is 335 g/mol. The van der Waals surface area contributed by atoms with Crippen molar-refractivity contribution in [2.24, 2.45) is 0 Å². The van der Waals surface area contributed by atoms with Gasteiger partial charge in [-0.05, 0) is 23.8 Å². The van der Waals surface area contributed by atoms with Gasteiger partial charge in [0.15, 0.2) is 0 Å². The van der Waals surface area contributed by atoms with Crippen LogP contribution in [0, 0.1) is 5.82 Å². The van der Waals surface area contributed by atoms with Crippen molar-refractivity contribution in [3.05, 3.63) is 95.6 Å². The molecule has 0 atom stereocenters. The highest BCUT2D eigenvalue weighted by molar-refractivity contribution is 5.93. The molecule has 0 saturated heterocycles. The third-order valence-corrected chi connectivity index (χ3v) is 3.73. The molecule has 3 aromatic rings. The summed E-state index contributed by atoms with van der Waals surface area (Å²) >= 11 is 0. The van der Waals surface area contributed by atoms with Crippen molar-refractivity contribution in [2.75, 3.05) is 5.32 Å². The number of rotatable bonds is 6. The maximum Gasteiger partial charge on any atom is 0.270 e. The summed E-state index contributed by atoms with van der Waals surface area (Å²) in [6.45, 7) is 0.774. The molecule has 0 radical (unpaired) electrons. The summed E-state index contributed by atoms with van der Waals surface area (Å²) < 4.78 is 13.6. The van der Waals surface area contributed by atoms with E-state index in [2.05, 4.69) is 15.6 Å². The van der Waals surface area contributed by atoms with Crippen LogP contribution in [0.4, 0.5) is 10.1 Å². The van der Waals surface area contributed by atoms with Gasteiger partial charge < -0.3 is 10.6 Å². The van der Waals surface area contributed by atoms with Gasteiger partial charge in [0.2, 0.25) is 0 Å². The average molecular weight is 335 g/mol. The molecule has 2 N–H and O–H groups in total. The Balaban J connectivity index is 1.60. The van der Waals surface area contributed by atoms with Crippen molar-refractivity contribution >= 4 is 11.6 Å². The minimum absolute atomic E-state index is 0.120. The van der Waals surface area contributed by atoms with Crippen LogP contribution in [0.25, 0.3) is 0 Å². The molecular formula is C20H18FN3O. The van der Waals surface area contributed by atoms with E-state index in [-0.39, 0.29) is 24.0 Å². The van der Waals surface area contributed by atoms with Crippen LogP contribution >= 0.6 is 0 Å². The molecule has 5 heteroatoms. The number of halogens is 1. The lowest BCUT2D eigenvalue weighted by Crippen LogP contribution is -2.24. The standard InChI is InChI=1S/C20H18FN3O/c21-18-9-5-4-8-16(18)14-24-20(25)19-12-17(10-11-22-19)23-13-15-6-2-1-3-7-15/h1-12H,13-14H2,(H,22,23)(H,24,25). The van der Waals surface area contributed by atoms with E-state index in [4.69, 9.17) is 0 Å². The van der Waals surface area contributed by atoms with E-state index in [1.165, 1.54) is 6.07 Å². The van der Waals surface area contributed by atoms with E-state index < -0.39 is 0 Å². The van der Waals surface area contributed by atoms with Crippen molar-refractivity contribution in [3.8, 4) is 0 Å². The second kappa shape index (κ2) is 8.06. The fourth-order valence-corrected chi connectivity index (χ4v) is 2.37. The number of anilines is 1. The molecule has 0 bridgehead atoms. The number of hydrogen-bond acceptors (Lipinski definition) is 3. The summed E-state index contributed by atoms with van der Waals surface area (Å²) in [5.41, 5.74) is 2.67. The largest absolute Gasteiger partial charge is 0.381 e. The van der Waals surface area contributed by atoms with Crippen LogP contribution < -0.4 is 10.6 Å². The van der Waals surface area contributed by atoms with E-state index in [1.54, 1.807) is 36.5 Å². The molecule has 1 amide bonds. The molecule has 0 spiro atoms. The molecular weight excluding hydrogens is 317 g/mol. The summed E-state index contributed by atoms with van der Waals surface area (Å²) in [6, 6.07) is 19.8. The third-order valence-electron chi connectivity index (χ3n) is 3.73. The first-order valence-corrected chi connectivity index (χ1v) is 7.98. The lowest BCUT2D eigenvalue weighted by Gasteiger charge is -2.09. The Morgan fingerprint density at radius 2 is 1.72 bits per heavy atom. The second-order valence-corrected chi connectivity index (χ2v) is 5.54. The first kappa shape index (κ1) is 16.6. The molecule has 0 saturated carbocycles. The maximum atomic E-state index is 13.6. The number of amides is 1. The van der Waals surface area contributed by atoms with E-state index in [9.17, 15) is 9.18 Å².